The molecule has 0 saturated heterocycles. The van der Waals surface area contributed by atoms with E-state index in [4.69, 9.17) is 19.9 Å². The molecule has 0 fully saturated rings. The highest BCUT2D eigenvalue weighted by Crippen LogP contribution is 2.05. The topological polar surface area (TPSA) is 71.0 Å². The molecule has 0 atom stereocenters. The molecule has 0 rings (SSSR count). The second-order valence-electron chi connectivity index (χ2n) is 5.47. The van der Waals surface area contributed by atoms with Crippen molar-refractivity contribution in [3.63, 3.8) is 0 Å². The molecule has 0 aliphatic heterocycles. The van der Waals surface area contributed by atoms with Gasteiger partial charge in [0.2, 0.25) is 0 Å². The van der Waals surface area contributed by atoms with Crippen molar-refractivity contribution in [3.8, 4) is 0 Å². The maximum atomic E-state index is 8.64. The lowest BCUT2D eigenvalue weighted by Crippen LogP contribution is -2.16. The van der Waals surface area contributed by atoms with Gasteiger partial charge in [-0.2, -0.15) is 0 Å². The van der Waals surface area contributed by atoms with Crippen molar-refractivity contribution in [1.29, 1.82) is 0 Å². The molecule has 128 valence electrons. The molecule has 5 heteroatoms. The third kappa shape index (κ3) is 19.8. The zero-order chi connectivity index (χ0) is 15.4. The summed E-state index contributed by atoms with van der Waals surface area (Å²) in [6.07, 6.45) is 13.3. The number of nitrogens with one attached hydrogen (secondary N) is 1. The number of hydrogen-bond acceptors (Lipinski definition) is 5. The molecule has 0 spiro atoms. The lowest BCUT2D eigenvalue weighted by Gasteiger charge is -2.06. The second-order valence-corrected chi connectivity index (χ2v) is 5.47. The molecule has 0 aromatic rings. The Kier molecular flexibility index (Phi) is 19.6. The van der Waals surface area contributed by atoms with Crippen LogP contribution in [0.4, 0.5) is 0 Å². The van der Waals surface area contributed by atoms with Crippen LogP contribution in [-0.2, 0) is 9.68 Å². The van der Waals surface area contributed by atoms with E-state index in [1.54, 1.807) is 0 Å². The Balaban J connectivity index is 2.90. The average Bonchev–Trinajstić information content (AvgIpc) is 2.50. The van der Waals surface area contributed by atoms with Crippen molar-refractivity contribution in [1.82, 2.24) is 5.64 Å². The Hall–Kier alpha value is -0.200. The minimum atomic E-state index is 0.313. The van der Waals surface area contributed by atoms with Crippen LogP contribution in [0.1, 0.15) is 77.0 Å². The fourth-order valence-corrected chi connectivity index (χ4v) is 2.11. The van der Waals surface area contributed by atoms with Crippen molar-refractivity contribution in [2.24, 2.45) is 0 Å². The van der Waals surface area contributed by atoms with E-state index in [9.17, 15) is 0 Å². The Morgan fingerprint density at radius 1 is 0.476 bits per heavy atom. The van der Waals surface area contributed by atoms with E-state index in [0.717, 1.165) is 38.5 Å². The van der Waals surface area contributed by atoms with Crippen LogP contribution in [0.25, 0.3) is 0 Å². The molecule has 5 nitrogen and oxygen atoms in total. The fraction of sp³-hybridized carbons (Fsp3) is 1.00. The standard InChI is InChI=1S/C16H35NO4/c18-13-9-5-1-3-7-11-15-20-17-21-16-12-8-4-2-6-10-14-19/h17-19H,1-16H2. The van der Waals surface area contributed by atoms with Crippen LogP contribution in [0.2, 0.25) is 0 Å². The minimum absolute atomic E-state index is 0.313. The SMILES string of the molecule is OCCCCCCCCONOCCCCCCCCO. The van der Waals surface area contributed by atoms with Crippen LogP contribution in [0.15, 0.2) is 0 Å². The van der Waals surface area contributed by atoms with Crippen LogP contribution in [0.5, 0.6) is 0 Å². The quantitative estimate of drug-likeness (QED) is 0.268. The van der Waals surface area contributed by atoms with Gasteiger partial charge in [0.1, 0.15) is 0 Å². The summed E-state index contributed by atoms with van der Waals surface area (Å²) < 4.78 is 0. The summed E-state index contributed by atoms with van der Waals surface area (Å²) in [6.45, 7) is 1.99. The zero-order valence-corrected chi connectivity index (χ0v) is 13.5. The number of hydrogen-bond donors (Lipinski definition) is 3. The van der Waals surface area contributed by atoms with E-state index in [1.807, 2.05) is 0 Å². The maximum absolute atomic E-state index is 8.64. The van der Waals surface area contributed by atoms with E-state index < -0.39 is 0 Å². The third-order valence-corrected chi connectivity index (χ3v) is 3.43. The average molecular weight is 305 g/mol. The first-order valence-electron chi connectivity index (χ1n) is 8.62. The predicted molar refractivity (Wildman–Crippen MR) is 84.6 cm³/mol. The van der Waals surface area contributed by atoms with Gasteiger partial charge in [-0.3, -0.25) is 9.68 Å². The van der Waals surface area contributed by atoms with Crippen molar-refractivity contribution >= 4 is 0 Å². The van der Waals surface area contributed by atoms with Gasteiger partial charge in [-0.25, -0.2) is 0 Å². The molecule has 0 aliphatic carbocycles. The predicted octanol–water partition coefficient (Wildman–Crippen LogP) is 3.11. The van der Waals surface area contributed by atoms with Crippen LogP contribution in [0.3, 0.4) is 0 Å². The highest BCUT2D eigenvalue weighted by atomic mass is 16.9. The Morgan fingerprint density at radius 2 is 0.810 bits per heavy atom. The Morgan fingerprint density at radius 3 is 1.19 bits per heavy atom. The van der Waals surface area contributed by atoms with Gasteiger partial charge in [-0.15, -0.1) is 0 Å². The van der Waals surface area contributed by atoms with Crippen LogP contribution in [-0.4, -0.2) is 36.6 Å². The zero-order valence-electron chi connectivity index (χ0n) is 13.5. The van der Waals surface area contributed by atoms with Crippen molar-refractivity contribution in [3.05, 3.63) is 0 Å². The lowest BCUT2D eigenvalue weighted by molar-refractivity contribution is -0.171. The number of rotatable bonds is 18. The molecule has 0 aromatic heterocycles. The van der Waals surface area contributed by atoms with Gasteiger partial charge in [0, 0.05) is 13.2 Å². The monoisotopic (exact) mass is 305 g/mol. The first kappa shape index (κ1) is 20.8. The van der Waals surface area contributed by atoms with Gasteiger partial charge in [-0.05, 0) is 25.7 Å². The summed E-state index contributed by atoms with van der Waals surface area (Å²) in [4.78, 5) is 10.4. The summed E-state index contributed by atoms with van der Waals surface area (Å²) in [5.41, 5.74) is 2.54. The van der Waals surface area contributed by atoms with E-state index >= 15 is 0 Å². The summed E-state index contributed by atoms with van der Waals surface area (Å²) >= 11 is 0. The normalized spacial score (nSPS) is 11.1. The lowest BCUT2D eigenvalue weighted by atomic mass is 10.1. The van der Waals surface area contributed by atoms with Crippen LogP contribution < -0.4 is 5.64 Å². The van der Waals surface area contributed by atoms with Gasteiger partial charge in [-0.1, -0.05) is 57.0 Å². The molecule has 0 heterocycles. The summed E-state index contributed by atoms with van der Waals surface area (Å²) in [5, 5.41) is 17.3. The van der Waals surface area contributed by atoms with Gasteiger partial charge in [0.15, 0.2) is 0 Å². The first-order valence-corrected chi connectivity index (χ1v) is 8.62. The Labute approximate surface area is 129 Å². The smallest absolute Gasteiger partial charge is 0.0709 e. The number of unbranched alkanes of at least 4 members (excludes halogenated alkanes) is 10. The molecule has 0 aromatic carbocycles. The molecule has 3 N–H and O–H groups in total. The molecule has 0 unspecified atom stereocenters. The third-order valence-electron chi connectivity index (χ3n) is 3.43. The van der Waals surface area contributed by atoms with Gasteiger partial charge >= 0.3 is 0 Å². The molecular weight excluding hydrogens is 270 g/mol. The van der Waals surface area contributed by atoms with Gasteiger partial charge < -0.3 is 10.2 Å². The van der Waals surface area contributed by atoms with Gasteiger partial charge in [0.25, 0.3) is 0 Å². The molecule has 0 aliphatic rings. The van der Waals surface area contributed by atoms with E-state index in [-0.39, 0.29) is 0 Å². The van der Waals surface area contributed by atoms with E-state index in [2.05, 4.69) is 5.64 Å². The molecule has 21 heavy (non-hydrogen) atoms. The molecular formula is C16H35NO4. The highest BCUT2D eigenvalue weighted by Gasteiger charge is 1.93. The molecule has 0 radical (unpaired) electrons. The van der Waals surface area contributed by atoms with E-state index in [1.165, 1.54) is 38.5 Å². The fourth-order valence-electron chi connectivity index (χ4n) is 2.11. The second kappa shape index (κ2) is 19.8. The first-order chi connectivity index (χ1) is 10.4. The van der Waals surface area contributed by atoms with E-state index in [0.29, 0.717) is 26.4 Å². The number of aliphatic hydroxyl groups is 2. The van der Waals surface area contributed by atoms with Crippen molar-refractivity contribution in [2.45, 2.75) is 77.0 Å². The maximum Gasteiger partial charge on any atom is 0.0709 e. The summed E-state index contributed by atoms with van der Waals surface area (Å²) in [7, 11) is 0. The number of aliphatic hydroxyl groups excluding tert-OH is 2. The molecule has 0 bridgehead atoms. The van der Waals surface area contributed by atoms with Gasteiger partial charge in [0.05, 0.1) is 13.2 Å². The summed E-state index contributed by atoms with van der Waals surface area (Å²) in [5.74, 6) is 0. The molecule has 0 saturated carbocycles. The van der Waals surface area contributed by atoms with Crippen molar-refractivity contribution < 1.29 is 19.9 Å². The van der Waals surface area contributed by atoms with Crippen LogP contribution >= 0.6 is 0 Å². The molecule has 0 amide bonds. The Bertz CT molecular complexity index is 164. The summed E-state index contributed by atoms with van der Waals surface area (Å²) in [6, 6.07) is 0. The van der Waals surface area contributed by atoms with Crippen molar-refractivity contribution in [2.75, 3.05) is 26.4 Å². The largest absolute Gasteiger partial charge is 0.396 e. The highest BCUT2D eigenvalue weighted by molar-refractivity contribution is 4.45. The van der Waals surface area contributed by atoms with Crippen LogP contribution in [0, 0.1) is 0 Å². The minimum Gasteiger partial charge on any atom is -0.396 e.